The maximum Gasteiger partial charge on any atom is 0.119 e. The van der Waals surface area contributed by atoms with Gasteiger partial charge in [0.2, 0.25) is 0 Å². The van der Waals surface area contributed by atoms with E-state index in [2.05, 4.69) is 53.7 Å². The average Bonchev–Trinajstić information content (AvgIpc) is 2.66. The van der Waals surface area contributed by atoms with Gasteiger partial charge in [0, 0.05) is 0 Å². The first kappa shape index (κ1) is 23.5. The SMILES string of the molecule is CC(C)Cc1ccc(C(C)C)c(CCOCCOc2ccccc2)c1CC(C)C. The predicted octanol–water partition coefficient (Wildman–Crippen LogP) is 6.85. The van der Waals surface area contributed by atoms with Crippen LogP contribution in [-0.2, 0) is 24.0 Å². The molecule has 2 aromatic carbocycles. The summed E-state index contributed by atoms with van der Waals surface area (Å²) in [6, 6.07) is 14.7. The molecule has 0 radical (unpaired) electrons. The van der Waals surface area contributed by atoms with Crippen molar-refractivity contribution in [3.05, 3.63) is 64.7 Å². The molecular weight excluding hydrogens is 356 g/mol. The van der Waals surface area contributed by atoms with Gasteiger partial charge in [0.15, 0.2) is 0 Å². The topological polar surface area (TPSA) is 18.5 Å². The zero-order valence-electron chi connectivity index (χ0n) is 19.3. The molecule has 0 amide bonds. The van der Waals surface area contributed by atoms with E-state index in [1.165, 1.54) is 16.7 Å². The molecule has 160 valence electrons. The number of para-hydroxylation sites is 1. The first-order valence-corrected chi connectivity index (χ1v) is 11.3. The lowest BCUT2D eigenvalue weighted by Crippen LogP contribution is -2.14. The molecule has 0 atom stereocenters. The van der Waals surface area contributed by atoms with Gasteiger partial charge < -0.3 is 9.47 Å². The highest BCUT2D eigenvalue weighted by atomic mass is 16.5. The summed E-state index contributed by atoms with van der Waals surface area (Å²) in [5.41, 5.74) is 6.11. The van der Waals surface area contributed by atoms with Gasteiger partial charge in [0.25, 0.3) is 0 Å². The molecule has 2 aromatic rings. The quantitative estimate of drug-likeness (QED) is 0.365. The molecule has 2 nitrogen and oxygen atoms in total. The highest BCUT2D eigenvalue weighted by molar-refractivity contribution is 5.43. The standard InChI is InChI=1S/C27H40O2/c1-20(2)18-23-12-13-25(22(5)6)26(27(23)19-21(3)4)14-15-28-16-17-29-24-10-8-7-9-11-24/h7-13,20-22H,14-19H2,1-6H3. The summed E-state index contributed by atoms with van der Waals surface area (Å²) in [6.45, 7) is 15.8. The normalized spacial score (nSPS) is 11.6. The van der Waals surface area contributed by atoms with Crippen LogP contribution in [0.2, 0.25) is 0 Å². The Hall–Kier alpha value is -1.80. The van der Waals surface area contributed by atoms with Crippen molar-refractivity contribution in [2.45, 2.75) is 66.7 Å². The Morgan fingerprint density at radius 1 is 0.690 bits per heavy atom. The third-order valence-corrected chi connectivity index (χ3v) is 5.16. The van der Waals surface area contributed by atoms with Crippen molar-refractivity contribution in [2.75, 3.05) is 19.8 Å². The molecule has 0 aliphatic carbocycles. The van der Waals surface area contributed by atoms with Crippen molar-refractivity contribution in [3.63, 3.8) is 0 Å². The van der Waals surface area contributed by atoms with E-state index in [0.29, 0.717) is 31.0 Å². The zero-order chi connectivity index (χ0) is 21.2. The second-order valence-electron chi connectivity index (χ2n) is 9.15. The molecule has 2 rings (SSSR count). The molecular formula is C27H40O2. The highest BCUT2D eigenvalue weighted by Gasteiger charge is 2.17. The summed E-state index contributed by atoms with van der Waals surface area (Å²) in [5.74, 6) is 2.76. The first-order chi connectivity index (χ1) is 13.9. The average molecular weight is 397 g/mol. The van der Waals surface area contributed by atoms with Gasteiger partial charge in [-0.25, -0.2) is 0 Å². The number of hydrogen-bond acceptors (Lipinski definition) is 2. The fourth-order valence-corrected chi connectivity index (χ4v) is 3.90. The summed E-state index contributed by atoms with van der Waals surface area (Å²) in [5, 5.41) is 0. The maximum absolute atomic E-state index is 5.95. The van der Waals surface area contributed by atoms with Gasteiger partial charge in [-0.1, -0.05) is 71.9 Å². The molecule has 0 bridgehead atoms. The van der Waals surface area contributed by atoms with Crippen LogP contribution in [-0.4, -0.2) is 19.8 Å². The van der Waals surface area contributed by atoms with Crippen molar-refractivity contribution in [1.82, 2.24) is 0 Å². The number of ether oxygens (including phenoxy) is 2. The van der Waals surface area contributed by atoms with Gasteiger partial charge in [0.1, 0.15) is 12.4 Å². The lowest BCUT2D eigenvalue weighted by atomic mass is 9.83. The van der Waals surface area contributed by atoms with Crippen LogP contribution in [0.5, 0.6) is 5.75 Å². The van der Waals surface area contributed by atoms with E-state index in [9.17, 15) is 0 Å². The first-order valence-electron chi connectivity index (χ1n) is 11.3. The van der Waals surface area contributed by atoms with Crippen LogP contribution in [0.3, 0.4) is 0 Å². The molecule has 0 aromatic heterocycles. The second kappa shape index (κ2) is 12.0. The zero-order valence-corrected chi connectivity index (χ0v) is 19.3. The van der Waals surface area contributed by atoms with E-state index in [1.54, 1.807) is 5.56 Å². The largest absolute Gasteiger partial charge is 0.491 e. The Kier molecular flexibility index (Phi) is 9.73. The molecule has 0 saturated carbocycles. The molecule has 2 heteroatoms. The Balaban J connectivity index is 2.03. The lowest BCUT2D eigenvalue weighted by Gasteiger charge is -2.23. The lowest BCUT2D eigenvalue weighted by molar-refractivity contribution is 0.102. The monoisotopic (exact) mass is 396 g/mol. The van der Waals surface area contributed by atoms with Crippen molar-refractivity contribution in [3.8, 4) is 5.75 Å². The van der Waals surface area contributed by atoms with Crippen molar-refractivity contribution in [1.29, 1.82) is 0 Å². The molecule has 0 fully saturated rings. The molecule has 0 heterocycles. The van der Waals surface area contributed by atoms with E-state index in [4.69, 9.17) is 9.47 Å². The molecule has 0 N–H and O–H groups in total. The molecule has 29 heavy (non-hydrogen) atoms. The third kappa shape index (κ3) is 7.85. The van der Waals surface area contributed by atoms with Crippen LogP contribution >= 0.6 is 0 Å². The van der Waals surface area contributed by atoms with Crippen LogP contribution in [0.25, 0.3) is 0 Å². The number of benzene rings is 2. The second-order valence-corrected chi connectivity index (χ2v) is 9.15. The van der Waals surface area contributed by atoms with Crippen LogP contribution in [0.1, 0.15) is 69.7 Å². The van der Waals surface area contributed by atoms with E-state index in [0.717, 1.165) is 31.6 Å². The Morgan fingerprint density at radius 2 is 1.38 bits per heavy atom. The van der Waals surface area contributed by atoms with Crippen molar-refractivity contribution < 1.29 is 9.47 Å². The van der Waals surface area contributed by atoms with E-state index >= 15 is 0 Å². The van der Waals surface area contributed by atoms with Crippen LogP contribution < -0.4 is 4.74 Å². The fraction of sp³-hybridized carbons (Fsp3) is 0.556. The van der Waals surface area contributed by atoms with Crippen LogP contribution in [0.4, 0.5) is 0 Å². The smallest absolute Gasteiger partial charge is 0.119 e. The molecule has 0 unspecified atom stereocenters. The Labute approximate surface area is 178 Å². The predicted molar refractivity (Wildman–Crippen MR) is 124 cm³/mol. The Morgan fingerprint density at radius 3 is 2.00 bits per heavy atom. The minimum atomic E-state index is 0.533. The van der Waals surface area contributed by atoms with E-state index in [-0.39, 0.29) is 0 Å². The van der Waals surface area contributed by atoms with Gasteiger partial charge in [-0.05, 0) is 71.4 Å². The van der Waals surface area contributed by atoms with Gasteiger partial charge >= 0.3 is 0 Å². The van der Waals surface area contributed by atoms with Crippen molar-refractivity contribution >= 4 is 0 Å². The summed E-state index contributed by atoms with van der Waals surface area (Å²) in [4.78, 5) is 0. The minimum Gasteiger partial charge on any atom is -0.491 e. The van der Waals surface area contributed by atoms with E-state index in [1.807, 2.05) is 30.3 Å². The van der Waals surface area contributed by atoms with Crippen molar-refractivity contribution in [2.24, 2.45) is 11.8 Å². The third-order valence-electron chi connectivity index (χ3n) is 5.16. The van der Waals surface area contributed by atoms with Gasteiger partial charge in [-0.2, -0.15) is 0 Å². The fourth-order valence-electron chi connectivity index (χ4n) is 3.90. The molecule has 0 spiro atoms. The Bertz CT molecular complexity index is 717. The van der Waals surface area contributed by atoms with Crippen LogP contribution in [0.15, 0.2) is 42.5 Å². The summed E-state index contributed by atoms with van der Waals surface area (Å²) < 4.78 is 11.7. The highest BCUT2D eigenvalue weighted by Crippen LogP contribution is 2.29. The summed E-state index contributed by atoms with van der Waals surface area (Å²) >= 11 is 0. The van der Waals surface area contributed by atoms with Gasteiger partial charge in [0.05, 0.1) is 13.2 Å². The molecule has 0 aliphatic rings. The maximum atomic E-state index is 5.95. The van der Waals surface area contributed by atoms with Crippen LogP contribution in [0, 0.1) is 11.8 Å². The van der Waals surface area contributed by atoms with Gasteiger partial charge in [-0.15, -0.1) is 0 Å². The van der Waals surface area contributed by atoms with Gasteiger partial charge in [-0.3, -0.25) is 0 Å². The molecule has 0 saturated heterocycles. The molecule has 0 aliphatic heterocycles. The summed E-state index contributed by atoms with van der Waals surface area (Å²) in [7, 11) is 0. The summed E-state index contributed by atoms with van der Waals surface area (Å²) in [6.07, 6.45) is 3.28. The number of rotatable bonds is 12. The van der Waals surface area contributed by atoms with E-state index < -0.39 is 0 Å². The number of hydrogen-bond donors (Lipinski definition) is 0. The minimum absolute atomic E-state index is 0.533.